The van der Waals surface area contributed by atoms with Crippen molar-refractivity contribution >= 4 is 18.0 Å². The van der Waals surface area contributed by atoms with Crippen LogP contribution in [0.4, 0.5) is 5.82 Å². The third kappa shape index (κ3) is 6.58. The van der Waals surface area contributed by atoms with Crippen molar-refractivity contribution < 1.29 is 9.47 Å². The molecule has 7 nitrogen and oxygen atoms in total. The number of allylic oxidation sites excluding steroid dienone is 2. The average Bonchev–Trinajstić information content (AvgIpc) is 3.25. The molecule has 0 spiro atoms. The number of nitrogens with two attached hydrogens (primary N) is 1. The number of hydrogen-bond donors (Lipinski definition) is 2. The lowest BCUT2D eigenvalue weighted by Gasteiger charge is -2.24. The van der Waals surface area contributed by atoms with Crippen LogP contribution in [0.1, 0.15) is 51.2 Å². The molecule has 1 saturated heterocycles. The van der Waals surface area contributed by atoms with E-state index < -0.39 is 0 Å². The van der Waals surface area contributed by atoms with Crippen LogP contribution in [0.25, 0.3) is 23.5 Å². The molecule has 3 N–H and O–H groups in total. The third-order valence-electron chi connectivity index (χ3n) is 5.32. The van der Waals surface area contributed by atoms with E-state index in [1.165, 1.54) is 12.6 Å². The van der Waals surface area contributed by atoms with Crippen LogP contribution in [0.3, 0.4) is 0 Å². The van der Waals surface area contributed by atoms with Gasteiger partial charge in [-0.25, -0.2) is 4.98 Å². The Bertz CT molecular complexity index is 1310. The number of ether oxygens (including phenoxy) is 2. The third-order valence-corrected chi connectivity index (χ3v) is 5.32. The van der Waals surface area contributed by atoms with E-state index in [4.69, 9.17) is 15.2 Å². The molecule has 3 aromatic rings. The van der Waals surface area contributed by atoms with Crippen LogP contribution in [0, 0.1) is 11.3 Å². The first-order valence-electron chi connectivity index (χ1n) is 11.9. The number of rotatable bonds is 5. The molecule has 2 aromatic heterocycles. The first-order valence-corrected chi connectivity index (χ1v) is 11.9. The summed E-state index contributed by atoms with van der Waals surface area (Å²) in [4.78, 5) is 11.7. The highest BCUT2D eigenvalue weighted by Crippen LogP contribution is 2.26. The van der Waals surface area contributed by atoms with Crippen LogP contribution < -0.4 is 21.0 Å². The molecular weight excluding hydrogens is 438 g/mol. The van der Waals surface area contributed by atoms with Crippen LogP contribution in [0.15, 0.2) is 48.8 Å². The Morgan fingerprint density at radius 2 is 2.03 bits per heavy atom. The summed E-state index contributed by atoms with van der Waals surface area (Å²) in [6.45, 7) is 11.7. The summed E-state index contributed by atoms with van der Waals surface area (Å²) in [6.07, 6.45) is 10.1. The standard InChI is InChI=1S/C25H25N5O2.C3H8/c1-3-4-20(21-12-22(29-16(21)2)23-14-28-15-25(27)30-23)17-5-6-24(18(11-17)13-26)32-19-7-9-31-10-8-19;1-3-2/h3-6,11-12,14-15,19,29H,2,7-10H2,1H3,(H2,27,30);3H2,1-2H3/b4-3-,21-20+;. The summed E-state index contributed by atoms with van der Waals surface area (Å²) in [5, 5.41) is 11.4. The molecule has 0 bridgehead atoms. The Kier molecular flexibility index (Phi) is 9.22. The highest BCUT2D eigenvalue weighted by Gasteiger charge is 2.17. The minimum atomic E-state index is 0.0683. The fourth-order valence-electron chi connectivity index (χ4n) is 3.76. The maximum Gasteiger partial charge on any atom is 0.142 e. The molecule has 1 aliphatic heterocycles. The molecule has 1 aromatic carbocycles. The van der Waals surface area contributed by atoms with Gasteiger partial charge in [0.2, 0.25) is 0 Å². The molecular formula is C28H33N5O2. The summed E-state index contributed by atoms with van der Waals surface area (Å²) in [7, 11) is 0. The second-order valence-corrected chi connectivity index (χ2v) is 8.28. The molecule has 0 aliphatic carbocycles. The van der Waals surface area contributed by atoms with Gasteiger partial charge in [-0.1, -0.05) is 45.1 Å². The van der Waals surface area contributed by atoms with E-state index in [2.05, 4.69) is 41.4 Å². The number of nitrogens with one attached hydrogen (secondary N) is 1. The van der Waals surface area contributed by atoms with E-state index in [0.29, 0.717) is 36.0 Å². The number of benzene rings is 1. The first kappa shape index (κ1) is 25.7. The van der Waals surface area contributed by atoms with Gasteiger partial charge in [0.05, 0.1) is 36.9 Å². The SMILES string of the molecule is C=c1[nH]c(-c2cncc(N)n2)c/c1=C(/C=C\C)c1ccc(OC2CCOCC2)c(C#N)c1.CCC. The molecule has 0 unspecified atom stereocenters. The Hall–Kier alpha value is -3.89. The lowest BCUT2D eigenvalue weighted by atomic mass is 10.00. The highest BCUT2D eigenvalue weighted by molar-refractivity contribution is 5.76. The Balaban J connectivity index is 0.00000108. The zero-order chi connectivity index (χ0) is 25.2. The van der Waals surface area contributed by atoms with E-state index in [9.17, 15) is 5.26 Å². The van der Waals surface area contributed by atoms with Gasteiger partial charge in [-0.15, -0.1) is 0 Å². The van der Waals surface area contributed by atoms with Crippen molar-refractivity contribution in [2.24, 2.45) is 0 Å². The number of anilines is 1. The number of H-pyrrole nitrogens is 1. The van der Waals surface area contributed by atoms with Crippen LogP contribution in [0.2, 0.25) is 0 Å². The van der Waals surface area contributed by atoms with Gasteiger partial charge in [0.1, 0.15) is 29.4 Å². The quantitative estimate of drug-likeness (QED) is 0.580. The van der Waals surface area contributed by atoms with Crippen molar-refractivity contribution in [3.05, 3.63) is 70.5 Å². The smallest absolute Gasteiger partial charge is 0.142 e. The molecule has 1 fully saturated rings. The number of aromatic amines is 1. The first-order chi connectivity index (χ1) is 17.0. The molecule has 182 valence electrons. The molecule has 0 saturated carbocycles. The minimum Gasteiger partial charge on any atom is -0.489 e. The van der Waals surface area contributed by atoms with Crippen molar-refractivity contribution in [2.45, 2.75) is 46.1 Å². The van der Waals surface area contributed by atoms with Crippen molar-refractivity contribution in [3.63, 3.8) is 0 Å². The average molecular weight is 472 g/mol. The van der Waals surface area contributed by atoms with Crippen molar-refractivity contribution in [3.8, 4) is 23.2 Å². The van der Waals surface area contributed by atoms with Crippen molar-refractivity contribution in [1.82, 2.24) is 15.0 Å². The Labute approximate surface area is 206 Å². The molecule has 0 atom stereocenters. The van der Waals surface area contributed by atoms with Gasteiger partial charge in [-0.05, 0) is 36.3 Å². The second-order valence-electron chi connectivity index (χ2n) is 8.28. The van der Waals surface area contributed by atoms with Crippen molar-refractivity contribution in [2.75, 3.05) is 18.9 Å². The monoisotopic (exact) mass is 471 g/mol. The predicted molar refractivity (Wildman–Crippen MR) is 140 cm³/mol. The minimum absolute atomic E-state index is 0.0683. The Morgan fingerprint density at radius 3 is 2.69 bits per heavy atom. The van der Waals surface area contributed by atoms with Crippen LogP contribution in [0.5, 0.6) is 5.75 Å². The zero-order valence-corrected chi connectivity index (χ0v) is 20.7. The van der Waals surface area contributed by atoms with Crippen LogP contribution in [-0.2, 0) is 4.74 Å². The summed E-state index contributed by atoms with van der Waals surface area (Å²) in [6, 6.07) is 9.94. The zero-order valence-electron chi connectivity index (χ0n) is 20.7. The summed E-state index contributed by atoms with van der Waals surface area (Å²) in [5.41, 5.74) is 9.52. The van der Waals surface area contributed by atoms with Crippen LogP contribution in [-0.4, -0.2) is 34.3 Å². The molecule has 7 heteroatoms. The number of nitrogens with zero attached hydrogens (tertiary/aromatic N) is 3. The van der Waals surface area contributed by atoms with Gasteiger partial charge in [-0.2, -0.15) is 5.26 Å². The van der Waals surface area contributed by atoms with Gasteiger partial charge in [0.25, 0.3) is 0 Å². The van der Waals surface area contributed by atoms with E-state index in [0.717, 1.165) is 40.2 Å². The largest absolute Gasteiger partial charge is 0.489 e. The number of hydrogen-bond acceptors (Lipinski definition) is 6. The van der Waals surface area contributed by atoms with Crippen molar-refractivity contribution in [1.29, 1.82) is 5.26 Å². The molecule has 1 aliphatic rings. The second kappa shape index (κ2) is 12.5. The van der Waals surface area contributed by atoms with Gasteiger partial charge in [0.15, 0.2) is 0 Å². The van der Waals surface area contributed by atoms with E-state index >= 15 is 0 Å². The number of nitrogen functional groups attached to an aromatic ring is 1. The fourth-order valence-corrected chi connectivity index (χ4v) is 3.76. The lowest BCUT2D eigenvalue weighted by molar-refractivity contribution is 0.0254. The van der Waals surface area contributed by atoms with E-state index in [-0.39, 0.29) is 6.10 Å². The predicted octanol–water partition coefficient (Wildman–Crippen LogP) is 4.09. The number of aromatic nitrogens is 3. The molecule has 3 heterocycles. The molecule has 0 amide bonds. The molecule has 0 radical (unpaired) electrons. The molecule has 4 rings (SSSR count). The maximum atomic E-state index is 9.76. The lowest BCUT2D eigenvalue weighted by Crippen LogP contribution is -2.26. The normalized spacial score (nSPS) is 14.7. The molecule has 35 heavy (non-hydrogen) atoms. The number of nitriles is 1. The summed E-state index contributed by atoms with van der Waals surface area (Å²) < 4.78 is 11.5. The fraction of sp³-hybridized carbons (Fsp3) is 0.321. The maximum absolute atomic E-state index is 9.76. The van der Waals surface area contributed by atoms with E-state index in [1.807, 2.05) is 43.3 Å². The highest BCUT2D eigenvalue weighted by atomic mass is 16.5. The van der Waals surface area contributed by atoms with Gasteiger partial charge in [0, 0.05) is 23.4 Å². The van der Waals surface area contributed by atoms with E-state index in [1.54, 1.807) is 6.20 Å². The Morgan fingerprint density at radius 1 is 1.29 bits per heavy atom. The van der Waals surface area contributed by atoms with Gasteiger partial charge < -0.3 is 20.2 Å². The summed E-state index contributed by atoms with van der Waals surface area (Å²) >= 11 is 0. The summed E-state index contributed by atoms with van der Waals surface area (Å²) in [5.74, 6) is 0.948. The van der Waals surface area contributed by atoms with Gasteiger partial charge in [-0.3, -0.25) is 4.98 Å². The van der Waals surface area contributed by atoms with Gasteiger partial charge >= 0.3 is 0 Å². The topological polar surface area (TPSA) is 110 Å². The van der Waals surface area contributed by atoms with Crippen LogP contribution >= 0.6 is 0 Å².